The number of rotatable bonds is 8. The molecule has 1 atom stereocenters. The highest BCUT2D eigenvalue weighted by molar-refractivity contribution is 7.99. The summed E-state index contributed by atoms with van der Waals surface area (Å²) in [5.74, 6) is -0.546. The molecule has 0 amide bonds. The SMILES string of the molecule is CCOC(=O)C1=C(C)N=c2s/c(=C/c3cc([N+](=O)[O-])ccc3Sc3ncccn3)c(=O)n2[C@@H]1c1ccc(N(C)C)cc1. The van der Waals surface area contributed by atoms with Gasteiger partial charge in [0.1, 0.15) is 0 Å². The Kier molecular flexibility index (Phi) is 8.31. The number of benzene rings is 2. The third kappa shape index (κ3) is 5.74. The summed E-state index contributed by atoms with van der Waals surface area (Å²) in [7, 11) is 3.85. The highest BCUT2D eigenvalue weighted by atomic mass is 32.2. The van der Waals surface area contributed by atoms with Gasteiger partial charge in [0.25, 0.3) is 11.2 Å². The van der Waals surface area contributed by atoms with Crippen LogP contribution in [-0.2, 0) is 9.53 Å². The molecule has 0 bridgehead atoms. The summed E-state index contributed by atoms with van der Waals surface area (Å²) in [5, 5.41) is 12.0. The maximum Gasteiger partial charge on any atom is 0.338 e. The number of hydrogen-bond donors (Lipinski definition) is 0. The lowest BCUT2D eigenvalue weighted by Gasteiger charge is -2.25. The smallest absolute Gasteiger partial charge is 0.338 e. The predicted octanol–water partition coefficient (Wildman–Crippen LogP) is 3.71. The Labute approximate surface area is 248 Å². The molecule has 4 aromatic rings. The number of carbonyl (C=O) groups excluding carboxylic acids is 1. The Hall–Kier alpha value is -4.62. The molecule has 0 radical (unpaired) electrons. The quantitative estimate of drug-likeness (QED) is 0.128. The van der Waals surface area contributed by atoms with Crippen molar-refractivity contribution in [3.63, 3.8) is 0 Å². The van der Waals surface area contributed by atoms with Crippen LogP contribution in [0.15, 0.2) is 92.0 Å². The Morgan fingerprint density at radius 1 is 1.19 bits per heavy atom. The molecule has 0 saturated carbocycles. The second kappa shape index (κ2) is 12.1. The Balaban J connectivity index is 1.70. The third-order valence-corrected chi connectivity index (χ3v) is 8.44. The van der Waals surface area contributed by atoms with Gasteiger partial charge in [0.05, 0.1) is 33.4 Å². The van der Waals surface area contributed by atoms with Crippen LogP contribution in [0.3, 0.4) is 0 Å². The molecular formula is C29H26N6O5S2. The van der Waals surface area contributed by atoms with Crippen molar-refractivity contribution in [2.24, 2.45) is 4.99 Å². The molecule has 2 aromatic heterocycles. The first-order valence-electron chi connectivity index (χ1n) is 12.9. The van der Waals surface area contributed by atoms with Crippen LogP contribution in [0.25, 0.3) is 6.08 Å². The van der Waals surface area contributed by atoms with Crippen LogP contribution in [-0.4, -0.2) is 46.1 Å². The molecule has 214 valence electrons. The Morgan fingerprint density at radius 3 is 2.55 bits per heavy atom. The van der Waals surface area contributed by atoms with Gasteiger partial charge in [0.2, 0.25) is 0 Å². The van der Waals surface area contributed by atoms with Crippen molar-refractivity contribution in [1.82, 2.24) is 14.5 Å². The number of allylic oxidation sites excluding steroid dienone is 1. The number of fused-ring (bicyclic) bond motifs is 1. The number of nitro benzene ring substituents is 1. The van der Waals surface area contributed by atoms with E-state index in [1.165, 1.54) is 28.5 Å². The molecule has 0 unspecified atom stereocenters. The van der Waals surface area contributed by atoms with E-state index >= 15 is 0 Å². The third-order valence-electron chi connectivity index (χ3n) is 6.48. The van der Waals surface area contributed by atoms with Crippen LogP contribution in [0.5, 0.6) is 0 Å². The molecule has 0 aliphatic carbocycles. The molecule has 0 spiro atoms. The van der Waals surface area contributed by atoms with E-state index in [0.29, 0.717) is 30.6 Å². The molecule has 1 aliphatic rings. The summed E-state index contributed by atoms with van der Waals surface area (Å²) in [6, 6.07) is 12.9. The minimum atomic E-state index is -0.768. The summed E-state index contributed by atoms with van der Waals surface area (Å²) >= 11 is 2.38. The van der Waals surface area contributed by atoms with Gasteiger partial charge in [-0.1, -0.05) is 23.5 Å². The molecule has 1 aliphatic heterocycles. The second-order valence-corrected chi connectivity index (χ2v) is 11.4. The van der Waals surface area contributed by atoms with E-state index in [1.807, 2.05) is 43.3 Å². The van der Waals surface area contributed by atoms with E-state index in [4.69, 9.17) is 4.74 Å². The van der Waals surface area contributed by atoms with Gasteiger partial charge in [-0.25, -0.2) is 19.8 Å². The summed E-state index contributed by atoms with van der Waals surface area (Å²) in [4.78, 5) is 54.4. The minimum Gasteiger partial charge on any atom is -0.463 e. The van der Waals surface area contributed by atoms with Crippen molar-refractivity contribution in [3.8, 4) is 0 Å². The normalized spacial score (nSPS) is 14.8. The number of hydrogen-bond acceptors (Lipinski definition) is 11. The standard InChI is InChI=1S/C29H26N6O5S2/c1-5-40-27(37)24-17(2)32-29-34(25(24)18-7-9-20(10-8-18)33(3)4)26(36)23(42-29)16-19-15-21(35(38)39)11-12-22(19)41-28-30-13-6-14-31-28/h6-16,25H,5H2,1-4H3/b23-16+/t25-/m1/s1. The van der Waals surface area contributed by atoms with Crippen molar-refractivity contribution >= 4 is 46.5 Å². The maximum absolute atomic E-state index is 14.0. The first-order valence-corrected chi connectivity index (χ1v) is 14.5. The van der Waals surface area contributed by atoms with E-state index in [2.05, 4.69) is 15.0 Å². The average molecular weight is 603 g/mol. The van der Waals surface area contributed by atoms with Crippen molar-refractivity contribution < 1.29 is 14.5 Å². The van der Waals surface area contributed by atoms with E-state index in [0.717, 1.165) is 22.6 Å². The summed E-state index contributed by atoms with van der Waals surface area (Å²) in [6.07, 6.45) is 4.82. The van der Waals surface area contributed by atoms with Crippen molar-refractivity contribution in [2.45, 2.75) is 29.9 Å². The second-order valence-electron chi connectivity index (χ2n) is 9.40. The average Bonchev–Trinajstić information content (AvgIpc) is 3.27. The molecule has 13 heteroatoms. The van der Waals surface area contributed by atoms with Gasteiger partial charge >= 0.3 is 5.97 Å². The van der Waals surface area contributed by atoms with Crippen LogP contribution in [0.4, 0.5) is 11.4 Å². The highest BCUT2D eigenvalue weighted by Crippen LogP contribution is 2.33. The molecular weight excluding hydrogens is 576 g/mol. The first kappa shape index (κ1) is 28.9. The molecule has 5 rings (SSSR count). The molecule has 3 heterocycles. The fourth-order valence-corrected chi connectivity index (χ4v) is 6.33. The lowest BCUT2D eigenvalue weighted by molar-refractivity contribution is -0.384. The van der Waals surface area contributed by atoms with Gasteiger partial charge < -0.3 is 9.64 Å². The van der Waals surface area contributed by atoms with E-state index < -0.39 is 16.9 Å². The van der Waals surface area contributed by atoms with Gasteiger partial charge in [0.15, 0.2) is 9.96 Å². The number of anilines is 1. The number of nitrogens with zero attached hydrogens (tertiary/aromatic N) is 6. The predicted molar refractivity (Wildman–Crippen MR) is 160 cm³/mol. The summed E-state index contributed by atoms with van der Waals surface area (Å²) in [5.41, 5.74) is 2.37. The van der Waals surface area contributed by atoms with Gasteiger partial charge in [-0.15, -0.1) is 0 Å². The summed E-state index contributed by atoms with van der Waals surface area (Å²) < 4.78 is 7.16. The number of non-ortho nitro benzene ring substituents is 1. The largest absolute Gasteiger partial charge is 0.463 e. The topological polar surface area (TPSA) is 133 Å². The van der Waals surface area contributed by atoms with Gasteiger partial charge in [-0.05, 0) is 67.1 Å². The monoisotopic (exact) mass is 602 g/mol. The van der Waals surface area contributed by atoms with Crippen LogP contribution in [0, 0.1) is 10.1 Å². The molecule has 0 N–H and O–H groups in total. The molecule has 0 fully saturated rings. The minimum absolute atomic E-state index is 0.119. The number of thiazole rings is 1. The Bertz CT molecular complexity index is 1880. The fraction of sp³-hybridized carbons (Fsp3) is 0.207. The van der Waals surface area contributed by atoms with Gasteiger partial charge in [0, 0.05) is 49.2 Å². The van der Waals surface area contributed by atoms with E-state index in [9.17, 15) is 19.7 Å². The number of aromatic nitrogens is 3. The van der Waals surface area contributed by atoms with E-state index in [-0.39, 0.29) is 23.4 Å². The van der Waals surface area contributed by atoms with Gasteiger partial charge in [-0.2, -0.15) is 0 Å². The van der Waals surface area contributed by atoms with Crippen LogP contribution < -0.4 is 19.8 Å². The van der Waals surface area contributed by atoms with Crippen molar-refractivity contribution in [2.75, 3.05) is 25.6 Å². The zero-order valence-corrected chi connectivity index (χ0v) is 24.8. The van der Waals surface area contributed by atoms with Crippen LogP contribution in [0.1, 0.15) is 31.0 Å². The number of nitro groups is 1. The lowest BCUT2D eigenvalue weighted by atomic mass is 9.95. The zero-order chi connectivity index (χ0) is 30.0. The van der Waals surface area contributed by atoms with Crippen LogP contribution >= 0.6 is 23.1 Å². The van der Waals surface area contributed by atoms with Crippen LogP contribution in [0.2, 0.25) is 0 Å². The molecule has 42 heavy (non-hydrogen) atoms. The zero-order valence-electron chi connectivity index (χ0n) is 23.2. The summed E-state index contributed by atoms with van der Waals surface area (Å²) in [6.45, 7) is 3.61. The van der Waals surface area contributed by atoms with Gasteiger partial charge in [-0.3, -0.25) is 19.5 Å². The molecule has 2 aromatic carbocycles. The lowest BCUT2D eigenvalue weighted by Crippen LogP contribution is -2.40. The molecule has 0 saturated heterocycles. The number of esters is 1. The first-order chi connectivity index (χ1) is 20.2. The number of carbonyl (C=O) groups is 1. The fourth-order valence-electron chi connectivity index (χ4n) is 4.49. The van der Waals surface area contributed by atoms with Crippen molar-refractivity contribution in [1.29, 1.82) is 0 Å². The highest BCUT2D eigenvalue weighted by Gasteiger charge is 2.33. The Morgan fingerprint density at radius 2 is 1.90 bits per heavy atom. The maximum atomic E-state index is 14.0. The number of ether oxygens (including phenoxy) is 1. The molecule has 11 nitrogen and oxygen atoms in total. The van der Waals surface area contributed by atoms with Crippen molar-refractivity contribution in [3.05, 3.63) is 113 Å². The van der Waals surface area contributed by atoms with E-state index in [1.54, 1.807) is 44.4 Å².